The number of carboxylic acid groups (broad SMARTS) is 1. The lowest BCUT2D eigenvalue weighted by Crippen LogP contribution is -2.57. The molecule has 8 nitrogen and oxygen atoms in total. The first-order valence-corrected chi connectivity index (χ1v) is 8.70. The lowest BCUT2D eigenvalue weighted by Gasteiger charge is -2.37. The van der Waals surface area contributed by atoms with E-state index in [0.29, 0.717) is 25.4 Å². The minimum absolute atomic E-state index is 0.0633. The fraction of sp³-hybridized carbons (Fsp3) is 0.588. The molecule has 2 amide bonds. The van der Waals surface area contributed by atoms with Gasteiger partial charge >= 0.3 is 5.97 Å². The number of aromatic nitrogens is 2. The molecule has 0 bridgehead atoms. The summed E-state index contributed by atoms with van der Waals surface area (Å²) in [6.07, 6.45) is 8.67. The molecule has 3 rings (SSSR count). The molecule has 25 heavy (non-hydrogen) atoms. The lowest BCUT2D eigenvalue weighted by atomic mass is 9.84. The van der Waals surface area contributed by atoms with Gasteiger partial charge < -0.3 is 15.3 Å². The Kier molecular flexibility index (Phi) is 5.25. The minimum Gasteiger partial charge on any atom is -0.476 e. The highest BCUT2D eigenvalue weighted by Gasteiger charge is 2.36. The third-order valence-corrected chi connectivity index (χ3v) is 4.96. The number of rotatable bonds is 4. The van der Waals surface area contributed by atoms with Crippen LogP contribution in [0.4, 0.5) is 0 Å². The maximum atomic E-state index is 12.8. The highest BCUT2D eigenvalue weighted by atomic mass is 16.4. The summed E-state index contributed by atoms with van der Waals surface area (Å²) < 4.78 is 0. The second-order valence-electron chi connectivity index (χ2n) is 6.64. The molecule has 1 aromatic rings. The Balaban J connectivity index is 1.75. The van der Waals surface area contributed by atoms with E-state index in [0.717, 1.165) is 25.2 Å². The molecule has 2 fully saturated rings. The molecule has 0 aromatic carbocycles. The molecule has 1 aliphatic carbocycles. The van der Waals surface area contributed by atoms with Crippen molar-refractivity contribution in [2.24, 2.45) is 5.92 Å². The molecule has 1 aromatic heterocycles. The van der Waals surface area contributed by atoms with Crippen molar-refractivity contribution < 1.29 is 19.5 Å². The van der Waals surface area contributed by atoms with Crippen LogP contribution in [-0.4, -0.2) is 56.9 Å². The van der Waals surface area contributed by atoms with Crippen LogP contribution in [0.3, 0.4) is 0 Å². The van der Waals surface area contributed by atoms with Gasteiger partial charge in [-0.25, -0.2) is 14.8 Å². The third kappa shape index (κ3) is 3.94. The normalized spacial score (nSPS) is 21.7. The number of nitrogens with zero attached hydrogens (tertiary/aromatic N) is 3. The number of hydrogen-bond donors (Lipinski definition) is 2. The number of piperazine rings is 1. The molecule has 8 heteroatoms. The minimum atomic E-state index is -1.20. The van der Waals surface area contributed by atoms with Gasteiger partial charge in [0.2, 0.25) is 5.91 Å². The van der Waals surface area contributed by atoms with E-state index in [4.69, 9.17) is 5.11 Å². The van der Waals surface area contributed by atoms with Crippen LogP contribution < -0.4 is 5.32 Å². The van der Waals surface area contributed by atoms with Gasteiger partial charge in [0.25, 0.3) is 5.91 Å². The number of carbonyl (C=O) groups excluding carboxylic acids is 2. The Morgan fingerprint density at radius 3 is 2.48 bits per heavy atom. The van der Waals surface area contributed by atoms with Gasteiger partial charge in [-0.1, -0.05) is 32.1 Å². The van der Waals surface area contributed by atoms with Gasteiger partial charge in [0.05, 0.1) is 12.4 Å². The fourth-order valence-corrected chi connectivity index (χ4v) is 3.63. The topological polar surface area (TPSA) is 112 Å². The summed E-state index contributed by atoms with van der Waals surface area (Å²) >= 11 is 0. The Bertz CT molecular complexity index is 655. The number of amides is 2. The quantitative estimate of drug-likeness (QED) is 0.844. The van der Waals surface area contributed by atoms with Crippen molar-refractivity contribution in [3.8, 4) is 0 Å². The van der Waals surface area contributed by atoms with E-state index in [1.165, 1.54) is 19.3 Å². The first kappa shape index (κ1) is 17.3. The molecule has 0 unspecified atom stereocenters. The Morgan fingerprint density at radius 2 is 1.84 bits per heavy atom. The van der Waals surface area contributed by atoms with Gasteiger partial charge in [-0.05, 0) is 12.3 Å². The van der Waals surface area contributed by atoms with Crippen LogP contribution in [-0.2, 0) is 4.79 Å². The zero-order valence-corrected chi connectivity index (χ0v) is 14.0. The molecular formula is C17H22N4O4. The van der Waals surface area contributed by atoms with Crippen molar-refractivity contribution in [2.45, 2.75) is 44.6 Å². The van der Waals surface area contributed by atoms with E-state index < -0.39 is 12.0 Å². The summed E-state index contributed by atoms with van der Waals surface area (Å²) in [5.74, 6) is -1.24. The largest absolute Gasteiger partial charge is 0.476 e. The summed E-state index contributed by atoms with van der Waals surface area (Å²) in [4.78, 5) is 45.2. The Morgan fingerprint density at radius 1 is 1.16 bits per heavy atom. The van der Waals surface area contributed by atoms with Gasteiger partial charge in [-0.15, -0.1) is 0 Å². The highest BCUT2D eigenvalue weighted by molar-refractivity contribution is 5.97. The molecule has 2 N–H and O–H groups in total. The van der Waals surface area contributed by atoms with Gasteiger partial charge in [0.15, 0.2) is 5.69 Å². The number of aromatic carboxylic acids is 1. The van der Waals surface area contributed by atoms with Crippen LogP contribution in [0.2, 0.25) is 0 Å². The van der Waals surface area contributed by atoms with Crippen LogP contribution in [0, 0.1) is 5.92 Å². The first-order chi connectivity index (χ1) is 12.1. The lowest BCUT2D eigenvalue weighted by molar-refractivity contribution is -0.128. The fourth-order valence-electron chi connectivity index (χ4n) is 3.63. The van der Waals surface area contributed by atoms with Crippen LogP contribution in [0.1, 0.15) is 59.5 Å². The van der Waals surface area contributed by atoms with Crippen molar-refractivity contribution >= 4 is 17.8 Å². The summed E-state index contributed by atoms with van der Waals surface area (Å²) in [6.45, 7) is 0.830. The predicted octanol–water partition coefficient (Wildman–Crippen LogP) is 1.09. The van der Waals surface area contributed by atoms with Crippen LogP contribution in [0.5, 0.6) is 0 Å². The summed E-state index contributed by atoms with van der Waals surface area (Å²) in [5.41, 5.74) is -0.153. The second kappa shape index (κ2) is 7.58. The molecule has 1 saturated heterocycles. The molecule has 0 radical (unpaired) electrons. The van der Waals surface area contributed by atoms with E-state index in [1.54, 1.807) is 4.90 Å². The van der Waals surface area contributed by atoms with Crippen molar-refractivity contribution in [3.05, 3.63) is 23.8 Å². The molecule has 134 valence electrons. The maximum absolute atomic E-state index is 12.8. The van der Waals surface area contributed by atoms with Gasteiger partial charge in [0.1, 0.15) is 11.7 Å². The van der Waals surface area contributed by atoms with Crippen LogP contribution in [0.15, 0.2) is 12.4 Å². The number of carboxylic acids is 1. The second-order valence-corrected chi connectivity index (χ2v) is 6.64. The number of carbonyl (C=O) groups is 3. The van der Waals surface area contributed by atoms with Gasteiger partial charge in [0, 0.05) is 13.1 Å². The SMILES string of the molecule is O=C(O)c1cnc(C(=O)N2CCNC(=O)[C@H]2CC2CCCCC2)cn1. The van der Waals surface area contributed by atoms with Crippen molar-refractivity contribution in [3.63, 3.8) is 0 Å². The van der Waals surface area contributed by atoms with E-state index in [1.807, 2.05) is 0 Å². The van der Waals surface area contributed by atoms with Crippen LogP contribution in [0.25, 0.3) is 0 Å². The molecule has 0 spiro atoms. The van der Waals surface area contributed by atoms with Crippen molar-refractivity contribution in [2.75, 3.05) is 13.1 Å². The third-order valence-electron chi connectivity index (χ3n) is 4.96. The molecule has 1 saturated carbocycles. The zero-order chi connectivity index (χ0) is 17.8. The maximum Gasteiger partial charge on any atom is 0.356 e. The Labute approximate surface area is 145 Å². The molecule has 2 aliphatic rings. The van der Waals surface area contributed by atoms with E-state index in [2.05, 4.69) is 15.3 Å². The van der Waals surface area contributed by atoms with Gasteiger partial charge in [-0.3, -0.25) is 9.59 Å². The molecule has 2 heterocycles. The first-order valence-electron chi connectivity index (χ1n) is 8.70. The van der Waals surface area contributed by atoms with Gasteiger partial charge in [-0.2, -0.15) is 0 Å². The predicted molar refractivity (Wildman–Crippen MR) is 88.0 cm³/mol. The van der Waals surface area contributed by atoms with Crippen LogP contribution >= 0.6 is 0 Å². The smallest absolute Gasteiger partial charge is 0.356 e. The van der Waals surface area contributed by atoms with Crippen molar-refractivity contribution in [1.29, 1.82) is 0 Å². The standard InChI is InChI=1S/C17H22N4O4/c22-15-14(8-11-4-2-1-3-5-11)21(7-6-18-15)16(23)12-9-20-13(10-19-12)17(24)25/h9-11,14H,1-8H2,(H,18,22)(H,24,25)/t14-/m1/s1. The summed E-state index contributed by atoms with van der Waals surface area (Å²) in [5, 5.41) is 11.7. The van der Waals surface area contributed by atoms with E-state index >= 15 is 0 Å². The number of nitrogens with one attached hydrogen (secondary N) is 1. The average Bonchev–Trinajstić information content (AvgIpc) is 2.64. The molecule has 1 atom stereocenters. The molecule has 1 aliphatic heterocycles. The zero-order valence-electron chi connectivity index (χ0n) is 14.0. The highest BCUT2D eigenvalue weighted by Crippen LogP contribution is 2.29. The van der Waals surface area contributed by atoms with E-state index in [-0.39, 0.29) is 23.2 Å². The van der Waals surface area contributed by atoms with E-state index in [9.17, 15) is 14.4 Å². The summed E-state index contributed by atoms with van der Waals surface area (Å²) in [6, 6.07) is -0.495. The average molecular weight is 346 g/mol. The number of hydrogen-bond acceptors (Lipinski definition) is 5. The molecular weight excluding hydrogens is 324 g/mol. The van der Waals surface area contributed by atoms with Crippen molar-refractivity contribution in [1.82, 2.24) is 20.2 Å². The summed E-state index contributed by atoms with van der Waals surface area (Å²) in [7, 11) is 0. The monoisotopic (exact) mass is 346 g/mol. The Hall–Kier alpha value is -2.51.